The van der Waals surface area contributed by atoms with Gasteiger partial charge in [0.15, 0.2) is 0 Å². The molecule has 0 saturated heterocycles. The van der Waals surface area contributed by atoms with Gasteiger partial charge in [-0.25, -0.2) is 0 Å². The average molecular weight is 455 g/mol. The van der Waals surface area contributed by atoms with Gasteiger partial charge in [0.1, 0.15) is 5.78 Å². The Labute approximate surface area is 186 Å². The van der Waals surface area contributed by atoms with Gasteiger partial charge in [-0.15, -0.1) is 11.8 Å². The standard InChI is InChI=1S/C22H30O6S2/c1-15(23)28-30-10-4-9-29-22-19(20(25)13-21(22)26)8-7-18(24)12-16-5-3-6-17(11-16)14-27-2/h3,5-8,11,18-20,22,24-25H,4,9-10,12-14H2,1-2H3/b8-7+/t18-,19+,20-,22-/m1/s1. The Kier molecular flexibility index (Phi) is 11.0. The summed E-state index contributed by atoms with van der Waals surface area (Å²) in [6.07, 6.45) is 3.43. The van der Waals surface area contributed by atoms with E-state index in [9.17, 15) is 19.8 Å². The molecular weight excluding hydrogens is 424 g/mol. The molecule has 0 aromatic heterocycles. The minimum Gasteiger partial charge on any atom is -0.392 e. The zero-order chi connectivity index (χ0) is 21.9. The molecule has 30 heavy (non-hydrogen) atoms. The van der Waals surface area contributed by atoms with Crippen molar-refractivity contribution in [1.29, 1.82) is 0 Å². The molecule has 1 fully saturated rings. The first-order valence-corrected chi connectivity index (χ1v) is 11.9. The second-order valence-corrected chi connectivity index (χ2v) is 9.33. The van der Waals surface area contributed by atoms with E-state index in [1.807, 2.05) is 24.3 Å². The lowest BCUT2D eigenvalue weighted by atomic mass is 10.0. The second-order valence-electron chi connectivity index (χ2n) is 7.27. The summed E-state index contributed by atoms with van der Waals surface area (Å²) >= 11 is 2.63. The normalized spacial score (nSPS) is 22.5. The van der Waals surface area contributed by atoms with E-state index in [0.29, 0.717) is 18.8 Å². The highest BCUT2D eigenvalue weighted by molar-refractivity contribution is 8.00. The number of hydrogen-bond donors (Lipinski definition) is 2. The molecule has 166 valence electrons. The van der Waals surface area contributed by atoms with E-state index < -0.39 is 12.2 Å². The smallest absolute Gasteiger partial charge is 0.314 e. The highest BCUT2D eigenvalue weighted by Crippen LogP contribution is 2.34. The van der Waals surface area contributed by atoms with Crippen LogP contribution >= 0.6 is 23.8 Å². The zero-order valence-electron chi connectivity index (χ0n) is 17.4. The molecule has 2 rings (SSSR count). The summed E-state index contributed by atoms with van der Waals surface area (Å²) in [5.74, 6) is 0.805. The van der Waals surface area contributed by atoms with Gasteiger partial charge >= 0.3 is 5.97 Å². The molecule has 1 aromatic carbocycles. The van der Waals surface area contributed by atoms with Crippen molar-refractivity contribution in [3.8, 4) is 0 Å². The third-order valence-electron chi connectivity index (χ3n) is 4.67. The molecule has 0 bridgehead atoms. The van der Waals surface area contributed by atoms with E-state index >= 15 is 0 Å². The van der Waals surface area contributed by atoms with Crippen LogP contribution in [0.4, 0.5) is 0 Å². The van der Waals surface area contributed by atoms with Crippen molar-refractivity contribution >= 4 is 35.6 Å². The lowest BCUT2D eigenvalue weighted by Gasteiger charge is -2.17. The van der Waals surface area contributed by atoms with Crippen LogP contribution in [0, 0.1) is 5.92 Å². The summed E-state index contributed by atoms with van der Waals surface area (Å²) < 4.78 is 9.96. The number of ether oxygens (including phenoxy) is 1. The maximum absolute atomic E-state index is 12.3. The third-order valence-corrected chi connectivity index (χ3v) is 6.94. The van der Waals surface area contributed by atoms with Gasteiger partial charge in [0.2, 0.25) is 0 Å². The SMILES string of the molecule is COCc1cccc(C[C@H](O)/C=C/[C@H]2[C@H](O)CC(=O)[C@@H]2SCCCSOC(C)=O)c1. The molecule has 0 spiro atoms. The largest absolute Gasteiger partial charge is 0.392 e. The Balaban J connectivity index is 1.85. The monoisotopic (exact) mass is 454 g/mol. The molecule has 0 unspecified atom stereocenters. The van der Waals surface area contributed by atoms with Gasteiger partial charge in [-0.05, 0) is 23.3 Å². The lowest BCUT2D eigenvalue weighted by molar-refractivity contribution is -0.130. The maximum Gasteiger partial charge on any atom is 0.314 e. The third kappa shape index (κ3) is 8.43. The van der Waals surface area contributed by atoms with Crippen molar-refractivity contribution in [2.75, 3.05) is 18.6 Å². The van der Waals surface area contributed by atoms with Crippen molar-refractivity contribution in [3.63, 3.8) is 0 Å². The van der Waals surface area contributed by atoms with Gasteiger partial charge in [-0.2, -0.15) is 0 Å². The first kappa shape index (κ1) is 24.9. The van der Waals surface area contributed by atoms with Gasteiger partial charge in [-0.3, -0.25) is 9.59 Å². The highest BCUT2D eigenvalue weighted by Gasteiger charge is 2.40. The Bertz CT molecular complexity index is 723. The maximum atomic E-state index is 12.3. The number of ketones is 1. The number of methoxy groups -OCH3 is 1. The quantitative estimate of drug-likeness (QED) is 0.283. The lowest BCUT2D eigenvalue weighted by Crippen LogP contribution is -2.22. The minimum atomic E-state index is -0.723. The van der Waals surface area contributed by atoms with Crippen LogP contribution in [0.1, 0.15) is 30.9 Å². The van der Waals surface area contributed by atoms with E-state index in [1.165, 1.54) is 18.7 Å². The van der Waals surface area contributed by atoms with Crippen LogP contribution in [0.2, 0.25) is 0 Å². The van der Waals surface area contributed by atoms with Gasteiger partial charge in [0.05, 0.1) is 36.1 Å². The number of carbonyl (C=O) groups is 2. The molecule has 0 amide bonds. The molecular formula is C22H30O6S2. The molecule has 4 atom stereocenters. The molecule has 0 heterocycles. The van der Waals surface area contributed by atoms with Crippen molar-refractivity contribution < 1.29 is 28.7 Å². The summed E-state index contributed by atoms with van der Waals surface area (Å²) in [5.41, 5.74) is 2.05. The Morgan fingerprint density at radius 3 is 2.83 bits per heavy atom. The van der Waals surface area contributed by atoms with E-state index in [2.05, 4.69) is 0 Å². The zero-order valence-corrected chi connectivity index (χ0v) is 19.0. The molecule has 1 saturated carbocycles. The van der Waals surface area contributed by atoms with Crippen LogP contribution in [0.15, 0.2) is 36.4 Å². The summed E-state index contributed by atoms with van der Waals surface area (Å²) in [6.45, 7) is 1.89. The molecule has 1 aliphatic rings. The summed E-state index contributed by atoms with van der Waals surface area (Å²) in [6, 6.07) is 7.87. The van der Waals surface area contributed by atoms with E-state index in [4.69, 9.17) is 8.92 Å². The molecule has 1 aliphatic carbocycles. The van der Waals surface area contributed by atoms with E-state index in [0.717, 1.165) is 35.3 Å². The number of aliphatic hydroxyl groups excluding tert-OH is 2. The average Bonchev–Trinajstić information content (AvgIpc) is 2.95. The number of benzene rings is 1. The number of Topliss-reactive ketones (excluding diaryl/α,β-unsaturated/α-hetero) is 1. The molecule has 6 nitrogen and oxygen atoms in total. The van der Waals surface area contributed by atoms with Gasteiger partial charge in [-0.1, -0.05) is 36.4 Å². The topological polar surface area (TPSA) is 93.1 Å². The molecule has 2 N–H and O–H groups in total. The minimum absolute atomic E-state index is 0.0385. The Hall–Kier alpha value is -1.32. The Morgan fingerprint density at radius 2 is 2.10 bits per heavy atom. The van der Waals surface area contributed by atoms with Gasteiger partial charge in [0, 0.05) is 38.5 Å². The number of thioether (sulfide) groups is 1. The number of carbonyl (C=O) groups excluding carboxylic acids is 2. The fraction of sp³-hybridized carbons (Fsp3) is 0.545. The van der Waals surface area contributed by atoms with Crippen molar-refractivity contribution in [2.45, 2.75) is 50.3 Å². The molecule has 0 aliphatic heterocycles. The van der Waals surface area contributed by atoms with Crippen LogP contribution in [-0.4, -0.2) is 58.0 Å². The number of rotatable bonds is 12. The molecule has 1 aromatic rings. The second kappa shape index (κ2) is 13.2. The molecule has 0 radical (unpaired) electrons. The summed E-state index contributed by atoms with van der Waals surface area (Å²) in [5, 5.41) is 20.4. The molecule has 8 heteroatoms. The van der Waals surface area contributed by atoms with E-state index in [1.54, 1.807) is 19.3 Å². The van der Waals surface area contributed by atoms with Crippen molar-refractivity contribution in [2.24, 2.45) is 5.92 Å². The first-order valence-electron chi connectivity index (χ1n) is 9.96. The van der Waals surface area contributed by atoms with E-state index in [-0.39, 0.29) is 29.3 Å². The summed E-state index contributed by atoms with van der Waals surface area (Å²) in [4.78, 5) is 23.0. The van der Waals surface area contributed by atoms with Crippen molar-refractivity contribution in [3.05, 3.63) is 47.5 Å². The van der Waals surface area contributed by atoms with Crippen LogP contribution in [0.25, 0.3) is 0 Å². The predicted octanol–water partition coefficient (Wildman–Crippen LogP) is 2.95. The van der Waals surface area contributed by atoms with Crippen molar-refractivity contribution in [1.82, 2.24) is 0 Å². The number of hydrogen-bond acceptors (Lipinski definition) is 8. The van der Waals surface area contributed by atoms with Crippen LogP contribution < -0.4 is 0 Å². The predicted molar refractivity (Wildman–Crippen MR) is 120 cm³/mol. The summed E-state index contributed by atoms with van der Waals surface area (Å²) in [7, 11) is 1.64. The van der Waals surface area contributed by atoms with Crippen LogP contribution in [0.5, 0.6) is 0 Å². The fourth-order valence-corrected chi connectivity index (χ4v) is 5.38. The van der Waals surface area contributed by atoms with Crippen LogP contribution in [0.3, 0.4) is 0 Å². The van der Waals surface area contributed by atoms with Gasteiger partial charge < -0.3 is 19.1 Å². The Morgan fingerprint density at radius 1 is 1.33 bits per heavy atom. The number of aliphatic hydroxyl groups is 2. The first-order chi connectivity index (χ1) is 14.4. The van der Waals surface area contributed by atoms with Crippen LogP contribution in [-0.2, 0) is 31.5 Å². The van der Waals surface area contributed by atoms with Gasteiger partial charge in [0.25, 0.3) is 0 Å². The highest BCUT2D eigenvalue weighted by atomic mass is 32.2. The fourth-order valence-electron chi connectivity index (χ4n) is 3.34.